The minimum atomic E-state index is -0.456. The summed E-state index contributed by atoms with van der Waals surface area (Å²) < 4.78 is 10.7. The van der Waals surface area contributed by atoms with Crippen LogP contribution in [0.4, 0.5) is 0 Å². The van der Waals surface area contributed by atoms with Crippen molar-refractivity contribution in [1.82, 2.24) is 10.1 Å². The number of phenolic OH excluding ortho intramolecular Hbond substituents is 1. The van der Waals surface area contributed by atoms with Gasteiger partial charge in [-0.15, -0.1) is 0 Å². The average molecular weight is 261 g/mol. The van der Waals surface area contributed by atoms with Gasteiger partial charge in [-0.05, 0) is 19.1 Å². The van der Waals surface area contributed by atoms with Crippen LogP contribution in [0.2, 0.25) is 0 Å². The van der Waals surface area contributed by atoms with E-state index in [9.17, 15) is 5.11 Å². The molecule has 3 N–H and O–H groups in total. The summed E-state index contributed by atoms with van der Waals surface area (Å²) in [5.41, 5.74) is 6.27. The molecule has 1 aliphatic heterocycles. The number of benzene rings is 1. The van der Waals surface area contributed by atoms with Gasteiger partial charge < -0.3 is 20.1 Å². The third-order valence-electron chi connectivity index (χ3n) is 3.54. The van der Waals surface area contributed by atoms with Crippen LogP contribution < -0.4 is 5.73 Å². The number of phenols is 1. The van der Waals surface area contributed by atoms with Crippen molar-refractivity contribution in [2.75, 3.05) is 13.2 Å². The van der Waals surface area contributed by atoms with Gasteiger partial charge in [0.2, 0.25) is 11.7 Å². The van der Waals surface area contributed by atoms with E-state index in [4.69, 9.17) is 15.0 Å². The Morgan fingerprint density at radius 2 is 2.32 bits per heavy atom. The zero-order chi connectivity index (χ0) is 13.5. The summed E-state index contributed by atoms with van der Waals surface area (Å²) in [6.45, 7) is 2.90. The minimum absolute atomic E-state index is 0.162. The Balaban J connectivity index is 1.96. The summed E-state index contributed by atoms with van der Waals surface area (Å²) in [6, 6.07) is 6.55. The Kier molecular flexibility index (Phi) is 2.76. The van der Waals surface area contributed by atoms with E-state index in [1.165, 1.54) is 0 Å². The van der Waals surface area contributed by atoms with Gasteiger partial charge in [0.1, 0.15) is 5.75 Å². The first-order valence-corrected chi connectivity index (χ1v) is 6.06. The smallest absolute Gasteiger partial charge is 0.236 e. The highest BCUT2D eigenvalue weighted by molar-refractivity contribution is 5.56. The fraction of sp³-hybridized carbons (Fsp3) is 0.385. The van der Waals surface area contributed by atoms with Gasteiger partial charge in [0, 0.05) is 11.6 Å². The Bertz CT molecular complexity index is 598. The van der Waals surface area contributed by atoms with Crippen LogP contribution in [0, 0.1) is 0 Å². The molecule has 1 aromatic heterocycles. The highest BCUT2D eigenvalue weighted by atomic mass is 16.5. The molecule has 1 saturated heterocycles. The Hall–Kier alpha value is -1.92. The lowest BCUT2D eigenvalue weighted by Crippen LogP contribution is -2.42. The normalized spacial score (nSPS) is 26.7. The zero-order valence-electron chi connectivity index (χ0n) is 10.5. The van der Waals surface area contributed by atoms with E-state index in [0.29, 0.717) is 30.5 Å². The third kappa shape index (κ3) is 1.98. The maximum Gasteiger partial charge on any atom is 0.236 e. The molecule has 1 aromatic carbocycles. The van der Waals surface area contributed by atoms with Crippen LogP contribution >= 0.6 is 0 Å². The van der Waals surface area contributed by atoms with Crippen molar-refractivity contribution in [1.29, 1.82) is 0 Å². The molecule has 2 unspecified atom stereocenters. The molecular formula is C13H15N3O3. The van der Waals surface area contributed by atoms with E-state index in [2.05, 4.69) is 10.1 Å². The second-order valence-corrected chi connectivity index (χ2v) is 5.01. The molecule has 6 heteroatoms. The van der Waals surface area contributed by atoms with E-state index in [0.717, 1.165) is 0 Å². The number of rotatable bonds is 2. The van der Waals surface area contributed by atoms with Gasteiger partial charge in [0.25, 0.3) is 0 Å². The van der Waals surface area contributed by atoms with Crippen LogP contribution in [-0.2, 0) is 10.2 Å². The summed E-state index contributed by atoms with van der Waals surface area (Å²) in [5, 5.41) is 13.4. The number of nitrogens with two attached hydrogens (primary N) is 1. The van der Waals surface area contributed by atoms with Crippen molar-refractivity contribution in [3.8, 4) is 17.1 Å². The predicted octanol–water partition coefficient (Wildman–Crippen LogP) is 1.06. The standard InChI is InChI=1S/C13H15N3O3/c1-13(7-18-6-10(13)14)12-15-11(16-19-12)8-3-2-4-9(17)5-8/h2-5,10,17H,6-7,14H2,1H3. The number of hydrogen-bond donors (Lipinski definition) is 2. The van der Waals surface area contributed by atoms with Crippen molar-refractivity contribution in [3.05, 3.63) is 30.2 Å². The van der Waals surface area contributed by atoms with Crippen molar-refractivity contribution < 1.29 is 14.4 Å². The summed E-state index contributed by atoms with van der Waals surface area (Å²) >= 11 is 0. The van der Waals surface area contributed by atoms with E-state index in [-0.39, 0.29) is 11.8 Å². The Labute approximate surface area is 110 Å². The second kappa shape index (κ2) is 4.32. The Morgan fingerprint density at radius 1 is 1.47 bits per heavy atom. The van der Waals surface area contributed by atoms with Crippen LogP contribution in [0.1, 0.15) is 12.8 Å². The maximum absolute atomic E-state index is 9.46. The summed E-state index contributed by atoms with van der Waals surface area (Å²) in [5.74, 6) is 1.07. The van der Waals surface area contributed by atoms with Gasteiger partial charge in [0.15, 0.2) is 0 Å². The largest absolute Gasteiger partial charge is 0.508 e. The summed E-state index contributed by atoms with van der Waals surface area (Å²) in [6.07, 6.45) is 0. The van der Waals surface area contributed by atoms with Crippen LogP contribution in [0.5, 0.6) is 5.75 Å². The fourth-order valence-corrected chi connectivity index (χ4v) is 2.13. The lowest BCUT2D eigenvalue weighted by atomic mass is 9.86. The third-order valence-corrected chi connectivity index (χ3v) is 3.54. The van der Waals surface area contributed by atoms with Crippen molar-refractivity contribution in [2.24, 2.45) is 5.73 Å². The fourth-order valence-electron chi connectivity index (χ4n) is 2.13. The van der Waals surface area contributed by atoms with Crippen LogP contribution in [0.3, 0.4) is 0 Å². The highest BCUT2D eigenvalue weighted by Crippen LogP contribution is 2.32. The molecule has 2 heterocycles. The van der Waals surface area contributed by atoms with Gasteiger partial charge in [0.05, 0.1) is 18.6 Å². The molecular weight excluding hydrogens is 246 g/mol. The molecule has 100 valence electrons. The van der Waals surface area contributed by atoms with Gasteiger partial charge >= 0.3 is 0 Å². The molecule has 6 nitrogen and oxygen atoms in total. The number of ether oxygens (including phenoxy) is 1. The molecule has 0 aliphatic carbocycles. The first kappa shape index (κ1) is 12.1. The molecule has 0 bridgehead atoms. The lowest BCUT2D eigenvalue weighted by molar-refractivity contribution is 0.169. The van der Waals surface area contributed by atoms with Gasteiger partial charge in [-0.3, -0.25) is 0 Å². The van der Waals surface area contributed by atoms with Crippen LogP contribution in [-0.4, -0.2) is 34.5 Å². The van der Waals surface area contributed by atoms with Crippen molar-refractivity contribution in [2.45, 2.75) is 18.4 Å². The summed E-state index contributed by atoms with van der Waals surface area (Å²) in [4.78, 5) is 4.38. The van der Waals surface area contributed by atoms with Crippen molar-refractivity contribution in [3.63, 3.8) is 0 Å². The van der Waals surface area contributed by atoms with E-state index in [1.807, 2.05) is 13.0 Å². The monoisotopic (exact) mass is 261 g/mol. The molecule has 1 fully saturated rings. The van der Waals surface area contributed by atoms with E-state index < -0.39 is 5.41 Å². The molecule has 2 aromatic rings. The molecule has 0 radical (unpaired) electrons. The topological polar surface area (TPSA) is 94.4 Å². The number of aromatic nitrogens is 2. The van der Waals surface area contributed by atoms with E-state index >= 15 is 0 Å². The molecule has 2 atom stereocenters. The zero-order valence-corrected chi connectivity index (χ0v) is 10.5. The first-order valence-electron chi connectivity index (χ1n) is 6.06. The molecule has 0 amide bonds. The second-order valence-electron chi connectivity index (χ2n) is 5.01. The average Bonchev–Trinajstić information content (AvgIpc) is 2.99. The lowest BCUT2D eigenvalue weighted by Gasteiger charge is -2.21. The molecule has 19 heavy (non-hydrogen) atoms. The van der Waals surface area contributed by atoms with Gasteiger partial charge in [-0.1, -0.05) is 17.3 Å². The van der Waals surface area contributed by atoms with Gasteiger partial charge in [-0.25, -0.2) is 0 Å². The van der Waals surface area contributed by atoms with Gasteiger partial charge in [-0.2, -0.15) is 4.98 Å². The van der Waals surface area contributed by atoms with Crippen LogP contribution in [0.15, 0.2) is 28.8 Å². The van der Waals surface area contributed by atoms with E-state index in [1.54, 1.807) is 18.2 Å². The maximum atomic E-state index is 9.46. The SMILES string of the molecule is CC1(c2nc(-c3cccc(O)c3)no2)COCC1N. The quantitative estimate of drug-likeness (QED) is 0.839. The number of aromatic hydroxyl groups is 1. The molecule has 0 spiro atoms. The minimum Gasteiger partial charge on any atom is -0.508 e. The Morgan fingerprint density at radius 3 is 3.00 bits per heavy atom. The number of hydrogen-bond acceptors (Lipinski definition) is 6. The predicted molar refractivity (Wildman–Crippen MR) is 67.5 cm³/mol. The molecule has 1 aliphatic rings. The molecule has 0 saturated carbocycles. The summed E-state index contributed by atoms with van der Waals surface area (Å²) in [7, 11) is 0. The number of nitrogens with zero attached hydrogens (tertiary/aromatic N) is 2. The first-order chi connectivity index (χ1) is 9.09. The van der Waals surface area contributed by atoms with Crippen molar-refractivity contribution >= 4 is 0 Å². The van der Waals surface area contributed by atoms with Crippen LogP contribution in [0.25, 0.3) is 11.4 Å². The highest BCUT2D eigenvalue weighted by Gasteiger charge is 2.44. The molecule has 3 rings (SSSR count).